The van der Waals surface area contributed by atoms with Crippen molar-refractivity contribution in [2.24, 2.45) is 17.8 Å². The van der Waals surface area contributed by atoms with Crippen molar-refractivity contribution in [3.8, 4) is 0 Å². The third kappa shape index (κ3) is 3.93. The van der Waals surface area contributed by atoms with Gasteiger partial charge >= 0.3 is 0 Å². The highest BCUT2D eigenvalue weighted by molar-refractivity contribution is 6.74. The predicted octanol–water partition coefficient (Wildman–Crippen LogP) is 4.22. The van der Waals surface area contributed by atoms with Crippen LogP contribution in [0.4, 0.5) is 0 Å². The van der Waals surface area contributed by atoms with Gasteiger partial charge in [0.15, 0.2) is 8.32 Å². The molecule has 0 aromatic rings. The van der Waals surface area contributed by atoms with Gasteiger partial charge in [0.1, 0.15) is 0 Å². The summed E-state index contributed by atoms with van der Waals surface area (Å²) in [7, 11) is -1.67. The molecular weight excluding hydrogens is 252 g/mol. The summed E-state index contributed by atoms with van der Waals surface area (Å²) in [6, 6.07) is 0. The number of hydrogen-bond donors (Lipinski definition) is 1. The summed E-state index contributed by atoms with van der Waals surface area (Å²) in [4.78, 5) is 0. The Labute approximate surface area is 120 Å². The van der Waals surface area contributed by atoms with Crippen LogP contribution in [0.2, 0.25) is 18.1 Å². The average Bonchev–Trinajstić information content (AvgIpc) is 2.65. The highest BCUT2D eigenvalue weighted by Gasteiger charge is 2.40. The van der Waals surface area contributed by atoms with Crippen LogP contribution in [0.15, 0.2) is 12.2 Å². The van der Waals surface area contributed by atoms with Gasteiger partial charge in [0.25, 0.3) is 0 Å². The largest absolute Gasteiger partial charge is 0.417 e. The first-order chi connectivity index (χ1) is 8.60. The highest BCUT2D eigenvalue weighted by atomic mass is 28.4. The van der Waals surface area contributed by atoms with Crippen molar-refractivity contribution in [3.63, 3.8) is 0 Å². The SMILES string of the molecule is C=C(CO)[C@@H]1CC[C@@H](C)[C@H]1CO[Si](C)(C)C(C)(C)C. The van der Waals surface area contributed by atoms with Gasteiger partial charge in [0, 0.05) is 6.61 Å². The Kier molecular flexibility index (Phi) is 5.44. The summed E-state index contributed by atoms with van der Waals surface area (Å²) in [6.45, 7) is 18.8. The predicted molar refractivity (Wildman–Crippen MR) is 84.8 cm³/mol. The van der Waals surface area contributed by atoms with Crippen LogP contribution in [0.3, 0.4) is 0 Å². The van der Waals surface area contributed by atoms with E-state index in [1.165, 1.54) is 6.42 Å². The lowest BCUT2D eigenvalue weighted by molar-refractivity contribution is 0.175. The molecule has 1 aliphatic rings. The molecule has 1 saturated carbocycles. The van der Waals surface area contributed by atoms with Crippen LogP contribution in [0.25, 0.3) is 0 Å². The van der Waals surface area contributed by atoms with E-state index in [4.69, 9.17) is 4.43 Å². The lowest BCUT2D eigenvalue weighted by Crippen LogP contribution is -2.42. The number of hydrogen-bond acceptors (Lipinski definition) is 2. The van der Waals surface area contributed by atoms with Crippen LogP contribution in [-0.4, -0.2) is 26.6 Å². The van der Waals surface area contributed by atoms with E-state index in [9.17, 15) is 5.11 Å². The second-order valence-electron chi connectivity index (χ2n) is 7.71. The van der Waals surface area contributed by atoms with E-state index in [0.717, 1.165) is 18.6 Å². The van der Waals surface area contributed by atoms with E-state index in [0.29, 0.717) is 17.8 Å². The maximum absolute atomic E-state index is 9.32. The molecule has 0 bridgehead atoms. The summed E-state index contributed by atoms with van der Waals surface area (Å²) in [5, 5.41) is 9.59. The van der Waals surface area contributed by atoms with Crippen LogP contribution in [0, 0.1) is 17.8 Å². The zero-order valence-electron chi connectivity index (χ0n) is 13.6. The third-order valence-corrected chi connectivity index (χ3v) is 9.85. The highest BCUT2D eigenvalue weighted by Crippen LogP contribution is 2.43. The number of rotatable bonds is 5. The molecule has 1 N–H and O–H groups in total. The number of aliphatic hydroxyl groups excluding tert-OH is 1. The molecule has 0 spiro atoms. The van der Waals surface area contributed by atoms with Crippen LogP contribution < -0.4 is 0 Å². The van der Waals surface area contributed by atoms with Crippen LogP contribution in [0.1, 0.15) is 40.5 Å². The molecule has 0 aliphatic heterocycles. The first kappa shape index (κ1) is 16.9. The molecule has 0 aromatic carbocycles. The fourth-order valence-electron chi connectivity index (χ4n) is 2.69. The summed E-state index contributed by atoms with van der Waals surface area (Å²) >= 11 is 0. The lowest BCUT2D eigenvalue weighted by Gasteiger charge is -2.38. The van der Waals surface area contributed by atoms with E-state index in [2.05, 4.69) is 47.4 Å². The van der Waals surface area contributed by atoms with Gasteiger partial charge in [0.2, 0.25) is 0 Å². The fraction of sp³-hybridized carbons (Fsp3) is 0.875. The normalized spacial score (nSPS) is 28.7. The summed E-state index contributed by atoms with van der Waals surface area (Å²) in [6.07, 6.45) is 2.39. The molecule has 1 aliphatic carbocycles. The summed E-state index contributed by atoms with van der Waals surface area (Å²) in [5.74, 6) is 1.66. The molecule has 0 aromatic heterocycles. The first-order valence-corrected chi connectivity index (χ1v) is 10.4. The van der Waals surface area contributed by atoms with Gasteiger partial charge in [-0.3, -0.25) is 0 Å². The minimum absolute atomic E-state index is 0.119. The van der Waals surface area contributed by atoms with Gasteiger partial charge in [-0.05, 0) is 54.3 Å². The Balaban J connectivity index is 2.67. The van der Waals surface area contributed by atoms with E-state index in [-0.39, 0.29) is 11.6 Å². The first-order valence-electron chi connectivity index (χ1n) is 7.52. The molecule has 0 unspecified atom stereocenters. The second kappa shape index (κ2) is 6.11. The lowest BCUT2D eigenvalue weighted by atomic mass is 9.87. The molecule has 3 heteroatoms. The second-order valence-corrected chi connectivity index (χ2v) is 12.5. The van der Waals surface area contributed by atoms with Crippen molar-refractivity contribution in [1.29, 1.82) is 0 Å². The minimum atomic E-state index is -1.67. The smallest absolute Gasteiger partial charge is 0.191 e. The zero-order valence-corrected chi connectivity index (χ0v) is 14.6. The van der Waals surface area contributed by atoms with Crippen molar-refractivity contribution in [1.82, 2.24) is 0 Å². The molecule has 0 heterocycles. The Hall–Kier alpha value is -0.123. The van der Waals surface area contributed by atoms with Crippen molar-refractivity contribution in [2.75, 3.05) is 13.2 Å². The van der Waals surface area contributed by atoms with E-state index < -0.39 is 8.32 Å². The zero-order chi connectivity index (χ0) is 14.8. The maximum atomic E-state index is 9.32. The molecule has 0 amide bonds. The third-order valence-electron chi connectivity index (χ3n) is 5.35. The van der Waals surface area contributed by atoms with Gasteiger partial charge in [-0.2, -0.15) is 0 Å². The maximum Gasteiger partial charge on any atom is 0.191 e. The standard InChI is InChI=1S/C16H32O2Si/c1-12-8-9-14(13(2)10-17)15(12)11-18-19(6,7)16(3,4)5/h12,14-15,17H,2,8-11H2,1,3-7H3/t12-,14+,15-/m1/s1. The van der Waals surface area contributed by atoms with Crippen LogP contribution >= 0.6 is 0 Å². The van der Waals surface area contributed by atoms with E-state index in [1.54, 1.807) is 0 Å². The van der Waals surface area contributed by atoms with Gasteiger partial charge in [-0.15, -0.1) is 0 Å². The molecule has 0 radical (unpaired) electrons. The molecule has 3 atom stereocenters. The minimum Gasteiger partial charge on any atom is -0.417 e. The van der Waals surface area contributed by atoms with Gasteiger partial charge < -0.3 is 9.53 Å². The van der Waals surface area contributed by atoms with E-state index >= 15 is 0 Å². The van der Waals surface area contributed by atoms with Crippen molar-refractivity contribution < 1.29 is 9.53 Å². The molecule has 19 heavy (non-hydrogen) atoms. The Bertz CT molecular complexity index is 317. The van der Waals surface area contributed by atoms with Crippen molar-refractivity contribution >= 4 is 8.32 Å². The van der Waals surface area contributed by atoms with Crippen LogP contribution in [0.5, 0.6) is 0 Å². The monoisotopic (exact) mass is 284 g/mol. The number of aliphatic hydroxyl groups is 1. The van der Waals surface area contributed by atoms with Crippen LogP contribution in [-0.2, 0) is 4.43 Å². The molecule has 2 nitrogen and oxygen atoms in total. The van der Waals surface area contributed by atoms with Gasteiger partial charge in [-0.25, -0.2) is 0 Å². The molecule has 1 rings (SSSR count). The van der Waals surface area contributed by atoms with Gasteiger partial charge in [-0.1, -0.05) is 34.3 Å². The molecule has 1 fully saturated rings. The molecule has 0 saturated heterocycles. The fourth-order valence-corrected chi connectivity index (χ4v) is 3.73. The molecular formula is C16H32O2Si. The van der Waals surface area contributed by atoms with Crippen molar-refractivity contribution in [3.05, 3.63) is 12.2 Å². The quantitative estimate of drug-likeness (QED) is 0.605. The topological polar surface area (TPSA) is 29.5 Å². The average molecular weight is 285 g/mol. The summed E-state index contributed by atoms with van der Waals surface area (Å²) < 4.78 is 6.39. The Morgan fingerprint density at radius 2 is 1.89 bits per heavy atom. The Morgan fingerprint density at radius 1 is 1.32 bits per heavy atom. The van der Waals surface area contributed by atoms with Gasteiger partial charge in [0.05, 0.1) is 6.61 Å². The van der Waals surface area contributed by atoms with Crippen molar-refractivity contribution in [2.45, 2.75) is 58.7 Å². The van der Waals surface area contributed by atoms with E-state index in [1.807, 2.05) is 0 Å². The Morgan fingerprint density at radius 3 is 2.37 bits per heavy atom. The summed E-state index contributed by atoms with van der Waals surface area (Å²) in [5.41, 5.74) is 0.994. The molecule has 112 valence electrons.